The Morgan fingerprint density at radius 2 is 1.85 bits per heavy atom. The fraction of sp³-hybridized carbons (Fsp3) is 0.435. The molecule has 2 fully saturated rings. The average Bonchev–Trinajstić information content (AvgIpc) is 3.17. The molecule has 1 saturated heterocycles. The van der Waals surface area contributed by atoms with E-state index in [0.29, 0.717) is 11.2 Å². The molecular formula is C23H28N2OS. The summed E-state index contributed by atoms with van der Waals surface area (Å²) in [5, 5.41) is 4.05. The van der Waals surface area contributed by atoms with E-state index in [1.807, 2.05) is 18.7 Å². The van der Waals surface area contributed by atoms with Crippen molar-refractivity contribution in [1.82, 2.24) is 10.3 Å². The Balaban J connectivity index is 1.65. The lowest BCUT2D eigenvalue weighted by Gasteiger charge is -2.26. The van der Waals surface area contributed by atoms with Crippen molar-refractivity contribution in [3.63, 3.8) is 0 Å². The number of aromatic nitrogens is 1. The van der Waals surface area contributed by atoms with E-state index in [2.05, 4.69) is 47.8 Å². The lowest BCUT2D eigenvalue weighted by molar-refractivity contribution is 0.394. The first-order valence-electron chi connectivity index (χ1n) is 9.94. The molecule has 0 radical (unpaired) electrons. The second-order valence-electron chi connectivity index (χ2n) is 7.57. The topological polar surface area (TPSA) is 34.1 Å². The Bertz CT molecular complexity index is 806. The highest BCUT2D eigenvalue weighted by molar-refractivity contribution is 8.00. The smallest absolute Gasteiger partial charge is 0.216 e. The Hall–Kier alpha value is -1.78. The van der Waals surface area contributed by atoms with Crippen LogP contribution in [0.4, 0.5) is 0 Å². The van der Waals surface area contributed by atoms with Crippen molar-refractivity contribution in [2.24, 2.45) is 5.92 Å². The number of ether oxygens (including phenoxy) is 1. The minimum absolute atomic E-state index is 0.657. The summed E-state index contributed by atoms with van der Waals surface area (Å²) in [7, 11) is 1.70. The molecule has 0 amide bonds. The minimum atomic E-state index is 0.657. The third-order valence-electron chi connectivity index (χ3n) is 5.53. The molecule has 27 heavy (non-hydrogen) atoms. The first kappa shape index (κ1) is 18.6. The normalized spacial score (nSPS) is 18.5. The van der Waals surface area contributed by atoms with Gasteiger partial charge in [0.15, 0.2) is 0 Å². The monoisotopic (exact) mass is 380 g/mol. The summed E-state index contributed by atoms with van der Waals surface area (Å²) in [4.78, 5) is 6.15. The zero-order chi connectivity index (χ0) is 18.6. The highest BCUT2D eigenvalue weighted by Crippen LogP contribution is 2.34. The van der Waals surface area contributed by atoms with Crippen LogP contribution in [0.3, 0.4) is 0 Å². The number of nitrogens with zero attached hydrogens (tertiary/aromatic N) is 1. The van der Waals surface area contributed by atoms with Crippen LogP contribution >= 0.6 is 11.8 Å². The third-order valence-corrected chi connectivity index (χ3v) is 6.75. The van der Waals surface area contributed by atoms with Crippen molar-refractivity contribution < 1.29 is 4.74 Å². The predicted octanol–water partition coefficient (Wildman–Crippen LogP) is 5.08. The first-order valence-corrected chi connectivity index (χ1v) is 10.8. The largest absolute Gasteiger partial charge is 0.481 e. The molecule has 0 atom stereocenters. The zero-order valence-electron chi connectivity index (χ0n) is 16.2. The molecule has 142 valence electrons. The summed E-state index contributed by atoms with van der Waals surface area (Å²) in [5.74, 6) is 1.37. The summed E-state index contributed by atoms with van der Waals surface area (Å²) >= 11 is 1.97. The molecule has 0 unspecified atom stereocenters. The number of hydrogen-bond donors (Lipinski definition) is 1. The molecule has 1 aromatic heterocycles. The van der Waals surface area contributed by atoms with Gasteiger partial charge in [-0.2, -0.15) is 0 Å². The number of thioether (sulfide) groups is 1. The highest BCUT2D eigenvalue weighted by Gasteiger charge is 2.19. The molecule has 0 spiro atoms. The van der Waals surface area contributed by atoms with Crippen LogP contribution in [0.25, 0.3) is 5.57 Å². The molecule has 2 aliphatic rings. The second kappa shape index (κ2) is 8.49. The summed E-state index contributed by atoms with van der Waals surface area (Å²) in [6, 6.07) is 13.3. The van der Waals surface area contributed by atoms with Gasteiger partial charge in [-0.3, -0.25) is 0 Å². The van der Waals surface area contributed by atoms with Gasteiger partial charge >= 0.3 is 0 Å². The fourth-order valence-electron chi connectivity index (χ4n) is 3.81. The van der Waals surface area contributed by atoms with E-state index in [4.69, 9.17) is 9.72 Å². The van der Waals surface area contributed by atoms with Crippen molar-refractivity contribution in [2.75, 3.05) is 20.2 Å². The van der Waals surface area contributed by atoms with Crippen LogP contribution < -0.4 is 10.1 Å². The number of pyridine rings is 1. The van der Waals surface area contributed by atoms with Crippen molar-refractivity contribution in [1.29, 1.82) is 0 Å². The van der Waals surface area contributed by atoms with Gasteiger partial charge in [0.1, 0.15) is 0 Å². The van der Waals surface area contributed by atoms with Gasteiger partial charge in [-0.1, -0.05) is 37.1 Å². The summed E-state index contributed by atoms with van der Waals surface area (Å²) in [6.07, 6.45) is 7.69. The molecule has 2 aromatic rings. The average molecular weight is 381 g/mol. The van der Waals surface area contributed by atoms with E-state index in [1.165, 1.54) is 41.7 Å². The maximum atomic E-state index is 5.48. The predicted molar refractivity (Wildman–Crippen MR) is 114 cm³/mol. The zero-order valence-corrected chi connectivity index (χ0v) is 17.0. The van der Waals surface area contributed by atoms with E-state index in [-0.39, 0.29) is 0 Å². The summed E-state index contributed by atoms with van der Waals surface area (Å²) in [5.41, 5.74) is 4.56. The van der Waals surface area contributed by atoms with E-state index < -0.39 is 0 Å². The maximum Gasteiger partial charge on any atom is 0.216 e. The Morgan fingerprint density at radius 1 is 1.11 bits per heavy atom. The third kappa shape index (κ3) is 4.39. The van der Waals surface area contributed by atoms with Gasteiger partial charge in [0.25, 0.3) is 0 Å². The Kier molecular flexibility index (Phi) is 5.84. The molecular weight excluding hydrogens is 352 g/mol. The van der Waals surface area contributed by atoms with Crippen LogP contribution in [0.1, 0.15) is 42.5 Å². The number of methoxy groups -OCH3 is 1. The van der Waals surface area contributed by atoms with E-state index in [9.17, 15) is 0 Å². The molecule has 1 aliphatic heterocycles. The Labute approximate surface area is 166 Å². The van der Waals surface area contributed by atoms with Crippen LogP contribution in [0.5, 0.6) is 5.88 Å². The van der Waals surface area contributed by atoms with Gasteiger partial charge in [0.05, 0.1) is 12.8 Å². The molecule has 1 aromatic carbocycles. The van der Waals surface area contributed by atoms with Crippen molar-refractivity contribution in [2.45, 2.75) is 42.8 Å². The second-order valence-corrected chi connectivity index (χ2v) is 8.94. The number of rotatable bonds is 6. The van der Waals surface area contributed by atoms with Gasteiger partial charge in [-0.15, -0.1) is 11.8 Å². The van der Waals surface area contributed by atoms with Gasteiger partial charge in [-0.05, 0) is 49.4 Å². The minimum Gasteiger partial charge on any atom is -0.481 e. The van der Waals surface area contributed by atoms with Crippen LogP contribution in [0, 0.1) is 12.8 Å². The van der Waals surface area contributed by atoms with E-state index >= 15 is 0 Å². The van der Waals surface area contributed by atoms with Crippen LogP contribution in [0.2, 0.25) is 0 Å². The molecule has 4 rings (SSSR count). The lowest BCUT2D eigenvalue weighted by atomic mass is 9.96. The van der Waals surface area contributed by atoms with E-state index in [0.717, 1.165) is 30.2 Å². The molecule has 0 bridgehead atoms. The quantitative estimate of drug-likeness (QED) is 0.757. The Morgan fingerprint density at radius 3 is 2.48 bits per heavy atom. The fourth-order valence-corrected chi connectivity index (χ4v) is 4.89. The highest BCUT2D eigenvalue weighted by atomic mass is 32.2. The van der Waals surface area contributed by atoms with Crippen molar-refractivity contribution in [3.05, 3.63) is 59.3 Å². The van der Waals surface area contributed by atoms with Crippen LogP contribution in [-0.4, -0.2) is 30.4 Å². The van der Waals surface area contributed by atoms with Crippen LogP contribution in [-0.2, 0) is 0 Å². The van der Waals surface area contributed by atoms with Gasteiger partial charge in [0, 0.05) is 34.4 Å². The van der Waals surface area contributed by atoms with Crippen molar-refractivity contribution >= 4 is 17.3 Å². The molecule has 1 saturated carbocycles. The van der Waals surface area contributed by atoms with Crippen LogP contribution in [0.15, 0.2) is 47.4 Å². The van der Waals surface area contributed by atoms with Crippen molar-refractivity contribution in [3.8, 4) is 5.88 Å². The lowest BCUT2D eigenvalue weighted by Crippen LogP contribution is -2.44. The molecule has 4 heteroatoms. The summed E-state index contributed by atoms with van der Waals surface area (Å²) < 4.78 is 5.48. The first-order chi connectivity index (χ1) is 13.2. The summed E-state index contributed by atoms with van der Waals surface area (Å²) in [6.45, 7) is 4.27. The number of nitrogens with one attached hydrogen (secondary N) is 1. The molecule has 1 aliphatic carbocycles. The van der Waals surface area contributed by atoms with Gasteiger partial charge < -0.3 is 10.1 Å². The number of allylic oxidation sites excluding steroid dienone is 1. The maximum absolute atomic E-state index is 5.48. The SMILES string of the molecule is COc1nc(/C(=C\C2CCCC2)c2ccc(SC3CNC3)cc2)ccc1C. The van der Waals surface area contributed by atoms with E-state index in [1.54, 1.807) is 7.11 Å². The number of benzene rings is 1. The molecule has 1 N–H and O–H groups in total. The van der Waals surface area contributed by atoms with Gasteiger partial charge in [-0.25, -0.2) is 4.98 Å². The standard InChI is InChI=1S/C23H28N2OS/c1-16-7-12-22(25-23(16)26-2)21(13-17-5-3-4-6-17)18-8-10-19(11-9-18)27-20-14-24-15-20/h7-13,17,20,24H,3-6,14-15H2,1-2H3/b21-13-. The number of aryl methyl sites for hydroxylation is 1. The number of hydrogen-bond acceptors (Lipinski definition) is 4. The van der Waals surface area contributed by atoms with Gasteiger partial charge in [0.2, 0.25) is 5.88 Å². The molecule has 3 nitrogen and oxygen atoms in total. The molecule has 2 heterocycles.